The molecule has 2 nitrogen and oxygen atoms in total. The summed E-state index contributed by atoms with van der Waals surface area (Å²) < 4.78 is 7.46. The average molecular weight is 667 g/mol. The zero-order chi connectivity index (χ0) is 33.5. The molecule has 0 atom stereocenters. The molecule has 0 aliphatic heterocycles. The topological polar surface area (TPSA) is 9.86 Å². The molecular formula is C48H30N2S. The Kier molecular flexibility index (Phi) is 6.16. The molecular weight excluding hydrogens is 637 g/mol. The summed E-state index contributed by atoms with van der Waals surface area (Å²) in [6, 6.07) is 66.6. The van der Waals surface area contributed by atoms with Crippen molar-refractivity contribution in [2.45, 2.75) is 0 Å². The normalized spacial score (nSPS) is 11.9. The molecule has 8 aromatic carbocycles. The Hall–Kier alpha value is -6.42. The molecule has 3 aromatic heterocycles. The maximum Gasteiger partial charge on any atom is 0.0548 e. The smallest absolute Gasteiger partial charge is 0.0548 e. The van der Waals surface area contributed by atoms with Crippen molar-refractivity contribution in [2.24, 2.45) is 0 Å². The fourth-order valence-corrected chi connectivity index (χ4v) is 9.25. The highest BCUT2D eigenvalue weighted by molar-refractivity contribution is 7.25. The molecule has 0 unspecified atom stereocenters. The van der Waals surface area contributed by atoms with Gasteiger partial charge < -0.3 is 9.13 Å². The third kappa shape index (κ3) is 4.35. The van der Waals surface area contributed by atoms with Crippen LogP contribution in [-0.2, 0) is 0 Å². The van der Waals surface area contributed by atoms with Gasteiger partial charge in [0.2, 0.25) is 0 Å². The van der Waals surface area contributed by atoms with Crippen molar-refractivity contribution in [2.75, 3.05) is 0 Å². The van der Waals surface area contributed by atoms with Crippen molar-refractivity contribution < 1.29 is 0 Å². The lowest BCUT2D eigenvalue weighted by Crippen LogP contribution is -1.94. The predicted octanol–water partition coefficient (Wildman–Crippen LogP) is 13.6. The molecule has 0 N–H and O–H groups in total. The summed E-state index contributed by atoms with van der Waals surface area (Å²) in [5.41, 5.74) is 12.1. The molecule has 0 spiro atoms. The van der Waals surface area contributed by atoms with Crippen LogP contribution in [0.25, 0.3) is 97.4 Å². The molecule has 51 heavy (non-hydrogen) atoms. The maximum atomic E-state index is 2.42. The Bertz CT molecular complexity index is 3050. The van der Waals surface area contributed by atoms with Crippen LogP contribution in [0.4, 0.5) is 0 Å². The van der Waals surface area contributed by atoms with E-state index in [2.05, 4.69) is 191 Å². The van der Waals surface area contributed by atoms with Gasteiger partial charge in [0.15, 0.2) is 0 Å². The number of para-hydroxylation sites is 3. The lowest BCUT2D eigenvalue weighted by molar-refractivity contribution is 1.18. The van der Waals surface area contributed by atoms with Gasteiger partial charge in [0, 0.05) is 53.1 Å². The molecule has 3 heterocycles. The number of rotatable bonds is 4. The Morgan fingerprint density at radius 1 is 0.275 bits per heavy atom. The van der Waals surface area contributed by atoms with Crippen LogP contribution >= 0.6 is 11.3 Å². The van der Waals surface area contributed by atoms with Crippen molar-refractivity contribution in [1.82, 2.24) is 9.13 Å². The van der Waals surface area contributed by atoms with Crippen LogP contribution in [0.5, 0.6) is 0 Å². The molecule has 0 bridgehead atoms. The van der Waals surface area contributed by atoms with Crippen molar-refractivity contribution in [3.05, 3.63) is 182 Å². The molecule has 0 aliphatic carbocycles. The van der Waals surface area contributed by atoms with Gasteiger partial charge in [-0.3, -0.25) is 0 Å². The van der Waals surface area contributed by atoms with Crippen LogP contribution in [0.2, 0.25) is 0 Å². The molecule has 0 aliphatic rings. The molecule has 0 saturated carbocycles. The Labute approximate surface area is 298 Å². The Morgan fingerprint density at radius 2 is 0.667 bits per heavy atom. The molecule has 0 fully saturated rings. The van der Waals surface area contributed by atoms with Crippen LogP contribution in [0.1, 0.15) is 0 Å². The zero-order valence-corrected chi connectivity index (χ0v) is 28.4. The summed E-state index contributed by atoms with van der Waals surface area (Å²) in [6.45, 7) is 0. The third-order valence-corrected chi connectivity index (χ3v) is 11.7. The molecule has 0 radical (unpaired) electrons. The number of benzene rings is 8. The third-order valence-electron chi connectivity index (χ3n) is 10.6. The first-order valence-electron chi connectivity index (χ1n) is 17.4. The van der Waals surface area contributed by atoms with Gasteiger partial charge in [-0.1, -0.05) is 121 Å². The summed E-state index contributed by atoms with van der Waals surface area (Å²) >= 11 is 1.88. The number of nitrogens with zero attached hydrogens (tertiary/aromatic N) is 2. The first-order chi connectivity index (χ1) is 25.3. The van der Waals surface area contributed by atoms with Gasteiger partial charge >= 0.3 is 0 Å². The second-order valence-corrected chi connectivity index (χ2v) is 14.4. The number of fused-ring (bicyclic) bond motifs is 9. The molecule has 0 amide bonds. The highest BCUT2D eigenvalue weighted by Gasteiger charge is 2.16. The Balaban J connectivity index is 0.926. The van der Waals surface area contributed by atoms with Crippen molar-refractivity contribution in [3.8, 4) is 33.6 Å². The number of hydrogen-bond acceptors (Lipinski definition) is 1. The van der Waals surface area contributed by atoms with Gasteiger partial charge in [0.05, 0.1) is 22.1 Å². The van der Waals surface area contributed by atoms with Crippen LogP contribution in [0.3, 0.4) is 0 Å². The number of hydrogen-bond donors (Lipinski definition) is 0. The van der Waals surface area contributed by atoms with Crippen LogP contribution in [0.15, 0.2) is 182 Å². The maximum absolute atomic E-state index is 2.42. The predicted molar refractivity (Wildman–Crippen MR) is 219 cm³/mol. The van der Waals surface area contributed by atoms with Gasteiger partial charge in [-0.2, -0.15) is 0 Å². The largest absolute Gasteiger partial charge is 0.309 e. The van der Waals surface area contributed by atoms with E-state index >= 15 is 0 Å². The summed E-state index contributed by atoms with van der Waals surface area (Å²) in [6.07, 6.45) is 0. The Morgan fingerprint density at radius 3 is 1.18 bits per heavy atom. The SMILES string of the molecule is c1ccc2c(c1)sc1cc3c4ccccc4n(-c4ccc(-c5ccc(-c6ccc(-n7c8ccccc8c8ccccc87)cc6)cc5)cc4)c3cc12. The van der Waals surface area contributed by atoms with E-state index in [1.807, 2.05) is 11.3 Å². The number of thiophene rings is 1. The summed E-state index contributed by atoms with van der Waals surface area (Å²) in [5.74, 6) is 0. The fourth-order valence-electron chi connectivity index (χ4n) is 8.13. The monoisotopic (exact) mass is 666 g/mol. The van der Waals surface area contributed by atoms with Gasteiger partial charge in [0.1, 0.15) is 0 Å². The van der Waals surface area contributed by atoms with Crippen LogP contribution in [-0.4, -0.2) is 9.13 Å². The molecule has 238 valence electrons. The minimum absolute atomic E-state index is 1.17. The van der Waals surface area contributed by atoms with E-state index in [0.717, 1.165) is 0 Å². The van der Waals surface area contributed by atoms with Crippen LogP contribution in [0, 0.1) is 0 Å². The quantitative estimate of drug-likeness (QED) is 0.177. The standard InChI is InChI=1S/C48H30N2S/c1-5-13-43-37(9-1)38-10-2-6-14-44(38)49(43)35-25-21-33(22-26-35)31-17-19-32(20-18-31)34-23-27-36(28-24-34)50-45-15-7-3-11-39(45)41-30-48-42(29-46(41)50)40-12-4-8-16-47(40)51-48/h1-30H. The van der Waals surface area contributed by atoms with E-state index < -0.39 is 0 Å². The zero-order valence-electron chi connectivity index (χ0n) is 27.6. The molecule has 11 aromatic rings. The summed E-state index contributed by atoms with van der Waals surface area (Å²) in [5, 5.41) is 7.80. The molecule has 11 rings (SSSR count). The highest BCUT2D eigenvalue weighted by Crippen LogP contribution is 2.41. The van der Waals surface area contributed by atoms with Gasteiger partial charge in [-0.15, -0.1) is 11.3 Å². The lowest BCUT2D eigenvalue weighted by Gasteiger charge is -2.11. The second kappa shape index (κ2) is 11.0. The minimum atomic E-state index is 1.17. The van der Waals surface area contributed by atoms with E-state index in [0.29, 0.717) is 0 Å². The summed E-state index contributed by atoms with van der Waals surface area (Å²) in [7, 11) is 0. The average Bonchev–Trinajstić information content (AvgIpc) is 3.84. The van der Waals surface area contributed by atoms with E-state index in [-0.39, 0.29) is 0 Å². The van der Waals surface area contributed by atoms with E-state index in [1.165, 1.54) is 97.4 Å². The second-order valence-electron chi connectivity index (χ2n) is 13.4. The lowest BCUT2D eigenvalue weighted by atomic mass is 10.00. The van der Waals surface area contributed by atoms with Gasteiger partial charge in [-0.05, 0) is 82.9 Å². The van der Waals surface area contributed by atoms with Gasteiger partial charge in [0.25, 0.3) is 0 Å². The summed E-state index contributed by atoms with van der Waals surface area (Å²) in [4.78, 5) is 0. The fraction of sp³-hybridized carbons (Fsp3) is 0. The van der Waals surface area contributed by atoms with E-state index in [1.54, 1.807) is 0 Å². The van der Waals surface area contributed by atoms with Crippen LogP contribution < -0.4 is 0 Å². The molecule has 0 saturated heterocycles. The minimum Gasteiger partial charge on any atom is -0.309 e. The van der Waals surface area contributed by atoms with Crippen molar-refractivity contribution >= 4 is 75.1 Å². The van der Waals surface area contributed by atoms with E-state index in [9.17, 15) is 0 Å². The van der Waals surface area contributed by atoms with Crippen molar-refractivity contribution in [3.63, 3.8) is 0 Å². The molecule has 3 heteroatoms. The van der Waals surface area contributed by atoms with Gasteiger partial charge in [-0.25, -0.2) is 0 Å². The van der Waals surface area contributed by atoms with E-state index in [4.69, 9.17) is 0 Å². The first-order valence-corrected chi connectivity index (χ1v) is 18.2. The number of aromatic nitrogens is 2. The first kappa shape index (κ1) is 28.4. The highest BCUT2D eigenvalue weighted by atomic mass is 32.1. The van der Waals surface area contributed by atoms with Crippen molar-refractivity contribution in [1.29, 1.82) is 0 Å².